The van der Waals surface area contributed by atoms with Gasteiger partial charge in [-0.1, -0.05) is 47.7 Å². The second-order valence-electron chi connectivity index (χ2n) is 5.44. The third-order valence-corrected chi connectivity index (χ3v) is 4.50. The van der Waals surface area contributed by atoms with Gasteiger partial charge in [-0.25, -0.2) is 4.99 Å². The van der Waals surface area contributed by atoms with E-state index in [-0.39, 0.29) is 5.69 Å². The summed E-state index contributed by atoms with van der Waals surface area (Å²) >= 11 is 1.48. The molecule has 0 atom stereocenters. The van der Waals surface area contributed by atoms with Gasteiger partial charge in [-0.2, -0.15) is 5.10 Å². The molecule has 1 N–H and O–H groups in total. The number of hydrazone groups is 1. The Balaban J connectivity index is 1.84. The summed E-state index contributed by atoms with van der Waals surface area (Å²) in [5.41, 5.74) is 7.64. The molecule has 7 heteroatoms. The Bertz CT molecular complexity index is 861. The molecule has 122 valence electrons. The zero-order valence-corrected chi connectivity index (χ0v) is 14.1. The smallest absolute Gasteiger partial charge is 0.258 e. The fraction of sp³-hybridized carbons (Fsp3) is 0.176. The van der Waals surface area contributed by atoms with Gasteiger partial charge in [0.25, 0.3) is 5.69 Å². The molecule has 2 aromatic rings. The highest BCUT2D eigenvalue weighted by Gasteiger charge is 2.17. The number of hydrogen-bond donors (Lipinski definition) is 1. The Morgan fingerprint density at radius 2 is 2.04 bits per heavy atom. The topological polar surface area (TPSA) is 79.9 Å². The van der Waals surface area contributed by atoms with Crippen LogP contribution in [0.25, 0.3) is 0 Å². The lowest BCUT2D eigenvalue weighted by Gasteiger charge is -2.16. The minimum atomic E-state index is -0.433. The summed E-state index contributed by atoms with van der Waals surface area (Å²) in [4.78, 5) is 14.9. The van der Waals surface area contributed by atoms with Crippen molar-refractivity contribution in [3.63, 3.8) is 0 Å². The first-order chi connectivity index (χ1) is 11.5. The number of aryl methyl sites for hydroxylation is 2. The zero-order valence-electron chi connectivity index (χ0n) is 13.3. The number of thioether (sulfide) groups is 1. The Labute approximate surface area is 143 Å². The van der Waals surface area contributed by atoms with E-state index in [1.165, 1.54) is 29.0 Å². The molecule has 2 aromatic carbocycles. The maximum Gasteiger partial charge on any atom is 0.294 e. The van der Waals surface area contributed by atoms with Gasteiger partial charge < -0.3 is 0 Å². The van der Waals surface area contributed by atoms with Gasteiger partial charge in [-0.15, -0.1) is 0 Å². The van der Waals surface area contributed by atoms with Crippen molar-refractivity contribution in [2.45, 2.75) is 13.8 Å². The van der Waals surface area contributed by atoms with E-state index in [1.54, 1.807) is 18.2 Å². The van der Waals surface area contributed by atoms with Crippen LogP contribution in [0.2, 0.25) is 0 Å². The average Bonchev–Trinajstić information content (AvgIpc) is 2.56. The third kappa shape index (κ3) is 3.46. The lowest BCUT2D eigenvalue weighted by molar-refractivity contribution is -0.384. The highest BCUT2D eigenvalue weighted by atomic mass is 32.2. The minimum Gasteiger partial charge on any atom is -0.258 e. The second-order valence-corrected chi connectivity index (χ2v) is 6.40. The molecule has 3 rings (SSSR count). The molecule has 0 saturated carbocycles. The highest BCUT2D eigenvalue weighted by Crippen LogP contribution is 2.28. The van der Waals surface area contributed by atoms with Gasteiger partial charge in [-0.3, -0.25) is 15.5 Å². The van der Waals surface area contributed by atoms with Crippen LogP contribution < -0.4 is 5.43 Å². The summed E-state index contributed by atoms with van der Waals surface area (Å²) in [7, 11) is 0. The summed E-state index contributed by atoms with van der Waals surface area (Å²) in [6, 6.07) is 12.7. The van der Waals surface area contributed by atoms with Crippen molar-refractivity contribution in [1.82, 2.24) is 5.43 Å². The molecule has 0 amide bonds. The standard InChI is InChI=1S/C17H16N4O2S/c1-11-7-8-13(12(2)9-11)15-10-24-17(20-19-15)18-14-5-3-4-6-16(14)21(22)23/h3-9H,10H2,1-2H3,(H,18,20). The van der Waals surface area contributed by atoms with Gasteiger partial charge in [0, 0.05) is 17.4 Å². The third-order valence-electron chi connectivity index (χ3n) is 3.63. The predicted molar refractivity (Wildman–Crippen MR) is 98.2 cm³/mol. The molecule has 0 fully saturated rings. The highest BCUT2D eigenvalue weighted by molar-refractivity contribution is 8.14. The largest absolute Gasteiger partial charge is 0.294 e. The molecule has 24 heavy (non-hydrogen) atoms. The number of para-hydroxylation sites is 2. The van der Waals surface area contributed by atoms with Gasteiger partial charge in [0.15, 0.2) is 5.17 Å². The van der Waals surface area contributed by atoms with Gasteiger partial charge in [0.1, 0.15) is 5.69 Å². The monoisotopic (exact) mass is 340 g/mol. The number of amidine groups is 1. The normalized spacial score (nSPS) is 15.8. The van der Waals surface area contributed by atoms with Crippen LogP contribution >= 0.6 is 11.8 Å². The van der Waals surface area contributed by atoms with Crippen molar-refractivity contribution in [1.29, 1.82) is 0 Å². The SMILES string of the molecule is Cc1ccc(C2=NNC(=Nc3ccccc3[N+](=O)[O-])SC2)c(C)c1. The quantitative estimate of drug-likeness (QED) is 0.678. The van der Waals surface area contributed by atoms with Crippen LogP contribution in [0.4, 0.5) is 11.4 Å². The van der Waals surface area contributed by atoms with Crippen LogP contribution in [-0.2, 0) is 0 Å². The molecule has 1 heterocycles. The molecule has 1 aliphatic rings. The Morgan fingerprint density at radius 1 is 1.25 bits per heavy atom. The molecule has 0 saturated heterocycles. The Morgan fingerprint density at radius 3 is 2.71 bits per heavy atom. The van der Waals surface area contributed by atoms with E-state index in [0.29, 0.717) is 16.6 Å². The van der Waals surface area contributed by atoms with Gasteiger partial charge in [0.2, 0.25) is 0 Å². The van der Waals surface area contributed by atoms with Crippen LogP contribution in [0.5, 0.6) is 0 Å². The number of nitro groups is 1. The van der Waals surface area contributed by atoms with Crippen LogP contribution in [-0.4, -0.2) is 21.6 Å². The second kappa shape index (κ2) is 6.84. The number of benzene rings is 2. The lowest BCUT2D eigenvalue weighted by atomic mass is 10.0. The molecule has 0 unspecified atom stereocenters. The first-order valence-electron chi connectivity index (χ1n) is 7.39. The van der Waals surface area contributed by atoms with E-state index in [4.69, 9.17) is 0 Å². The Kier molecular flexibility index (Phi) is 4.61. The van der Waals surface area contributed by atoms with E-state index in [0.717, 1.165) is 11.3 Å². The lowest BCUT2D eigenvalue weighted by Crippen LogP contribution is -2.25. The summed E-state index contributed by atoms with van der Waals surface area (Å²) in [5, 5.41) is 16.0. The van der Waals surface area contributed by atoms with Crippen LogP contribution in [0.15, 0.2) is 52.6 Å². The molecule has 0 radical (unpaired) electrons. The number of rotatable bonds is 3. The summed E-state index contributed by atoms with van der Waals surface area (Å²) in [6.07, 6.45) is 0. The fourth-order valence-electron chi connectivity index (χ4n) is 2.47. The number of nitro benzene ring substituents is 1. The fourth-order valence-corrected chi connectivity index (χ4v) is 3.24. The van der Waals surface area contributed by atoms with Crippen molar-refractivity contribution >= 4 is 34.0 Å². The Hall–Kier alpha value is -2.67. The molecule has 0 spiro atoms. The van der Waals surface area contributed by atoms with E-state index < -0.39 is 4.92 Å². The first-order valence-corrected chi connectivity index (χ1v) is 8.38. The van der Waals surface area contributed by atoms with E-state index in [2.05, 4.69) is 47.6 Å². The van der Waals surface area contributed by atoms with Gasteiger partial charge in [0.05, 0.1) is 10.6 Å². The number of nitrogens with one attached hydrogen (secondary N) is 1. The van der Waals surface area contributed by atoms with E-state index in [9.17, 15) is 10.1 Å². The van der Waals surface area contributed by atoms with E-state index in [1.807, 2.05) is 0 Å². The zero-order chi connectivity index (χ0) is 17.1. The van der Waals surface area contributed by atoms with Crippen molar-refractivity contribution in [2.75, 3.05) is 5.75 Å². The molecule has 1 aliphatic heterocycles. The summed E-state index contributed by atoms with van der Waals surface area (Å²) < 4.78 is 0. The average molecular weight is 340 g/mol. The molecule has 0 aromatic heterocycles. The van der Waals surface area contributed by atoms with Crippen LogP contribution in [0.3, 0.4) is 0 Å². The van der Waals surface area contributed by atoms with Crippen molar-refractivity contribution in [3.8, 4) is 0 Å². The molecule has 0 aliphatic carbocycles. The predicted octanol–water partition coefficient (Wildman–Crippen LogP) is 3.94. The van der Waals surface area contributed by atoms with Crippen molar-refractivity contribution in [2.24, 2.45) is 10.1 Å². The molecule has 0 bridgehead atoms. The number of aliphatic imine (C=N–C) groups is 1. The molecular weight excluding hydrogens is 324 g/mol. The van der Waals surface area contributed by atoms with Crippen molar-refractivity contribution < 1.29 is 4.92 Å². The minimum absolute atomic E-state index is 0.0171. The summed E-state index contributed by atoms with van der Waals surface area (Å²) in [6.45, 7) is 4.12. The van der Waals surface area contributed by atoms with E-state index >= 15 is 0 Å². The van der Waals surface area contributed by atoms with Crippen LogP contribution in [0.1, 0.15) is 16.7 Å². The van der Waals surface area contributed by atoms with Gasteiger partial charge >= 0.3 is 0 Å². The maximum atomic E-state index is 11.0. The first kappa shape index (κ1) is 16.2. The number of hydrogen-bond acceptors (Lipinski definition) is 5. The van der Waals surface area contributed by atoms with Crippen molar-refractivity contribution in [3.05, 3.63) is 69.3 Å². The maximum absolute atomic E-state index is 11.0. The van der Waals surface area contributed by atoms with Crippen LogP contribution in [0, 0.1) is 24.0 Å². The summed E-state index contributed by atoms with van der Waals surface area (Å²) in [5.74, 6) is 0.663. The van der Waals surface area contributed by atoms with Gasteiger partial charge in [-0.05, 0) is 25.5 Å². The number of nitrogens with zero attached hydrogens (tertiary/aromatic N) is 3. The molecule has 6 nitrogen and oxygen atoms in total. The molecular formula is C17H16N4O2S.